The van der Waals surface area contributed by atoms with Gasteiger partial charge in [0.2, 0.25) is 0 Å². The molecular formula is C18H18N4O3. The molecule has 0 radical (unpaired) electrons. The van der Waals surface area contributed by atoms with Crippen LogP contribution in [0.5, 0.6) is 0 Å². The summed E-state index contributed by atoms with van der Waals surface area (Å²) in [5, 5.41) is 4.12. The van der Waals surface area contributed by atoms with Crippen LogP contribution in [0, 0.1) is 0 Å². The van der Waals surface area contributed by atoms with Gasteiger partial charge in [0, 0.05) is 12.1 Å². The van der Waals surface area contributed by atoms with Crippen LogP contribution in [0.2, 0.25) is 0 Å². The molecule has 3 aromatic rings. The highest BCUT2D eigenvalue weighted by molar-refractivity contribution is 5.95. The van der Waals surface area contributed by atoms with E-state index in [-0.39, 0.29) is 12.0 Å². The predicted octanol–water partition coefficient (Wildman–Crippen LogP) is 2.13. The second kappa shape index (κ2) is 6.90. The minimum Gasteiger partial charge on any atom is -0.467 e. The molecular weight excluding hydrogens is 320 g/mol. The van der Waals surface area contributed by atoms with Gasteiger partial charge in [0.25, 0.3) is 5.91 Å². The first kappa shape index (κ1) is 15.6. The van der Waals surface area contributed by atoms with E-state index in [2.05, 4.69) is 10.1 Å². The van der Waals surface area contributed by atoms with E-state index in [0.717, 1.165) is 11.3 Å². The highest BCUT2D eigenvalue weighted by Crippen LogP contribution is 2.24. The van der Waals surface area contributed by atoms with Crippen molar-refractivity contribution in [1.29, 1.82) is 0 Å². The van der Waals surface area contributed by atoms with Crippen molar-refractivity contribution in [2.45, 2.75) is 12.6 Å². The molecule has 128 valence electrons. The summed E-state index contributed by atoms with van der Waals surface area (Å²) in [5.41, 5.74) is 1.59. The lowest BCUT2D eigenvalue weighted by Gasteiger charge is -2.32. The Morgan fingerprint density at radius 3 is 2.96 bits per heavy atom. The smallest absolute Gasteiger partial charge is 0.254 e. The molecule has 1 aliphatic heterocycles. The molecule has 1 aromatic carbocycles. The van der Waals surface area contributed by atoms with Crippen molar-refractivity contribution >= 4 is 5.91 Å². The lowest BCUT2D eigenvalue weighted by atomic mass is 10.1. The summed E-state index contributed by atoms with van der Waals surface area (Å²) in [7, 11) is 0. The topological polar surface area (TPSA) is 73.4 Å². The van der Waals surface area contributed by atoms with E-state index in [9.17, 15) is 4.79 Å². The Balaban J connectivity index is 1.54. The molecule has 1 fully saturated rings. The zero-order valence-corrected chi connectivity index (χ0v) is 13.6. The van der Waals surface area contributed by atoms with Gasteiger partial charge < -0.3 is 14.1 Å². The van der Waals surface area contributed by atoms with E-state index in [1.54, 1.807) is 17.3 Å². The summed E-state index contributed by atoms with van der Waals surface area (Å²) in [6, 6.07) is 11.3. The monoisotopic (exact) mass is 338 g/mol. The van der Waals surface area contributed by atoms with Gasteiger partial charge in [-0.1, -0.05) is 18.2 Å². The zero-order chi connectivity index (χ0) is 17.1. The zero-order valence-electron chi connectivity index (χ0n) is 13.6. The van der Waals surface area contributed by atoms with Crippen LogP contribution in [0.25, 0.3) is 0 Å². The summed E-state index contributed by atoms with van der Waals surface area (Å²) < 4.78 is 12.9. The molecule has 0 bridgehead atoms. The largest absolute Gasteiger partial charge is 0.467 e. The molecule has 2 aromatic heterocycles. The highest BCUT2D eigenvalue weighted by atomic mass is 16.5. The molecule has 0 saturated carbocycles. The Bertz CT molecular complexity index is 830. The number of hydrogen-bond donors (Lipinski definition) is 0. The number of carbonyl (C=O) groups is 1. The van der Waals surface area contributed by atoms with Crippen molar-refractivity contribution in [2.24, 2.45) is 0 Å². The molecule has 0 spiro atoms. The van der Waals surface area contributed by atoms with Crippen LogP contribution in [0.1, 0.15) is 27.8 Å². The van der Waals surface area contributed by atoms with E-state index in [0.29, 0.717) is 31.8 Å². The number of furan rings is 1. The summed E-state index contributed by atoms with van der Waals surface area (Å²) in [4.78, 5) is 18.8. The summed E-state index contributed by atoms with van der Waals surface area (Å²) >= 11 is 0. The van der Waals surface area contributed by atoms with Gasteiger partial charge in [-0.05, 0) is 23.8 Å². The first-order valence-electron chi connectivity index (χ1n) is 8.16. The number of ether oxygens (including phenoxy) is 1. The van der Waals surface area contributed by atoms with E-state index in [1.807, 2.05) is 41.3 Å². The number of amides is 1. The average molecular weight is 338 g/mol. The second-order valence-electron chi connectivity index (χ2n) is 5.88. The van der Waals surface area contributed by atoms with Gasteiger partial charge in [0.05, 0.1) is 26.0 Å². The number of hydrogen-bond acceptors (Lipinski definition) is 5. The lowest BCUT2D eigenvalue weighted by Crippen LogP contribution is -2.42. The maximum absolute atomic E-state index is 13.1. The third kappa shape index (κ3) is 3.32. The van der Waals surface area contributed by atoms with E-state index < -0.39 is 0 Å². The first-order valence-corrected chi connectivity index (χ1v) is 8.16. The molecule has 1 atom stereocenters. The van der Waals surface area contributed by atoms with Crippen LogP contribution in [-0.2, 0) is 11.3 Å². The minimum absolute atomic E-state index is 0.00410. The van der Waals surface area contributed by atoms with Gasteiger partial charge in [0.1, 0.15) is 24.5 Å². The quantitative estimate of drug-likeness (QED) is 0.729. The van der Waals surface area contributed by atoms with Crippen molar-refractivity contribution in [3.63, 3.8) is 0 Å². The number of nitrogens with zero attached hydrogens (tertiary/aromatic N) is 4. The van der Waals surface area contributed by atoms with Crippen LogP contribution >= 0.6 is 0 Å². The Morgan fingerprint density at radius 1 is 1.24 bits per heavy atom. The molecule has 0 aliphatic carbocycles. The molecule has 1 aliphatic rings. The van der Waals surface area contributed by atoms with Crippen LogP contribution in [0.15, 0.2) is 59.7 Å². The highest BCUT2D eigenvalue weighted by Gasteiger charge is 2.28. The molecule has 3 heterocycles. The molecule has 4 rings (SSSR count). The fraction of sp³-hybridized carbons (Fsp3) is 0.278. The van der Waals surface area contributed by atoms with Gasteiger partial charge in [-0.3, -0.25) is 4.79 Å². The number of benzene rings is 1. The van der Waals surface area contributed by atoms with Gasteiger partial charge in [-0.15, -0.1) is 0 Å². The maximum atomic E-state index is 13.1. The standard InChI is InChI=1S/C18H18N4O3/c23-18(21-7-9-25-17(11-21)16-6-3-8-24-16)15-5-2-1-4-14(15)10-22-13-19-12-20-22/h1-6,8,12-13,17H,7,9-11H2. The number of morpholine rings is 1. The summed E-state index contributed by atoms with van der Waals surface area (Å²) in [6.07, 6.45) is 4.52. The van der Waals surface area contributed by atoms with E-state index >= 15 is 0 Å². The normalized spacial score (nSPS) is 17.6. The first-order chi connectivity index (χ1) is 12.3. The van der Waals surface area contributed by atoms with Crippen molar-refractivity contribution < 1.29 is 13.9 Å². The molecule has 25 heavy (non-hydrogen) atoms. The van der Waals surface area contributed by atoms with Crippen LogP contribution in [-0.4, -0.2) is 45.3 Å². The Kier molecular flexibility index (Phi) is 4.30. The molecule has 1 amide bonds. The predicted molar refractivity (Wildman–Crippen MR) is 88.9 cm³/mol. The molecule has 1 unspecified atom stereocenters. The maximum Gasteiger partial charge on any atom is 0.254 e. The average Bonchev–Trinajstić information content (AvgIpc) is 3.36. The van der Waals surface area contributed by atoms with Crippen molar-refractivity contribution in [2.75, 3.05) is 19.7 Å². The van der Waals surface area contributed by atoms with Crippen molar-refractivity contribution in [3.05, 3.63) is 72.2 Å². The number of carbonyl (C=O) groups excluding carboxylic acids is 1. The van der Waals surface area contributed by atoms with E-state index in [1.165, 1.54) is 6.33 Å². The minimum atomic E-state index is -0.227. The van der Waals surface area contributed by atoms with Crippen molar-refractivity contribution in [3.8, 4) is 0 Å². The SMILES string of the molecule is O=C(c1ccccc1Cn1cncn1)N1CCOC(c2ccco2)C1. The van der Waals surface area contributed by atoms with Gasteiger partial charge in [0.15, 0.2) is 0 Å². The Labute approximate surface area is 144 Å². The number of aromatic nitrogens is 3. The van der Waals surface area contributed by atoms with E-state index in [4.69, 9.17) is 9.15 Å². The Morgan fingerprint density at radius 2 is 2.16 bits per heavy atom. The van der Waals surface area contributed by atoms with Crippen LogP contribution < -0.4 is 0 Å². The van der Waals surface area contributed by atoms with Crippen LogP contribution in [0.4, 0.5) is 0 Å². The molecule has 0 N–H and O–H groups in total. The molecule has 7 nitrogen and oxygen atoms in total. The fourth-order valence-corrected chi connectivity index (χ4v) is 3.01. The van der Waals surface area contributed by atoms with Gasteiger partial charge in [-0.2, -0.15) is 5.10 Å². The molecule has 7 heteroatoms. The Hall–Kier alpha value is -2.93. The molecule has 1 saturated heterocycles. The second-order valence-corrected chi connectivity index (χ2v) is 5.88. The van der Waals surface area contributed by atoms with Crippen LogP contribution in [0.3, 0.4) is 0 Å². The van der Waals surface area contributed by atoms with Gasteiger partial charge in [-0.25, -0.2) is 9.67 Å². The third-order valence-corrected chi connectivity index (χ3v) is 4.26. The van der Waals surface area contributed by atoms with Crippen molar-refractivity contribution in [1.82, 2.24) is 19.7 Å². The fourth-order valence-electron chi connectivity index (χ4n) is 3.01. The van der Waals surface area contributed by atoms with Gasteiger partial charge >= 0.3 is 0 Å². The number of rotatable bonds is 4. The third-order valence-electron chi connectivity index (χ3n) is 4.26. The lowest BCUT2D eigenvalue weighted by molar-refractivity contribution is -0.0321. The summed E-state index contributed by atoms with van der Waals surface area (Å²) in [6.45, 7) is 2.04. The summed E-state index contributed by atoms with van der Waals surface area (Å²) in [5.74, 6) is 0.740.